The number of benzene rings is 1. The van der Waals surface area contributed by atoms with Crippen LogP contribution in [0.2, 0.25) is 0 Å². The third-order valence-corrected chi connectivity index (χ3v) is 4.74. The van der Waals surface area contributed by atoms with Crippen LogP contribution in [0.15, 0.2) is 41.8 Å². The van der Waals surface area contributed by atoms with Gasteiger partial charge in [-0.2, -0.15) is 0 Å². The fourth-order valence-electron chi connectivity index (χ4n) is 1.82. The average Bonchev–Trinajstić information content (AvgIpc) is 3.07. The summed E-state index contributed by atoms with van der Waals surface area (Å²) in [6, 6.07) is 10.6. The van der Waals surface area contributed by atoms with Gasteiger partial charge in [0, 0.05) is 28.0 Å². The molecule has 0 aliphatic heterocycles. The molecule has 0 N–H and O–H groups in total. The molecule has 2 aromatic heterocycles. The van der Waals surface area contributed by atoms with Gasteiger partial charge in [-0.25, -0.2) is 4.98 Å². The van der Waals surface area contributed by atoms with Gasteiger partial charge in [0.25, 0.3) is 5.69 Å². The summed E-state index contributed by atoms with van der Waals surface area (Å²) in [7, 11) is 0. The van der Waals surface area contributed by atoms with Crippen LogP contribution in [0.25, 0.3) is 21.1 Å². The van der Waals surface area contributed by atoms with E-state index >= 15 is 0 Å². The molecule has 0 fully saturated rings. The van der Waals surface area contributed by atoms with E-state index in [1.54, 1.807) is 34.8 Å². The Hall–Kier alpha value is -2.05. The summed E-state index contributed by atoms with van der Waals surface area (Å²) >= 11 is 3.26. The van der Waals surface area contributed by atoms with Crippen molar-refractivity contribution in [3.63, 3.8) is 0 Å². The fraction of sp³-hybridized carbons (Fsp3) is 0.0714. The summed E-state index contributed by atoms with van der Waals surface area (Å²) in [4.78, 5) is 17.2. The van der Waals surface area contributed by atoms with Gasteiger partial charge in [-0.15, -0.1) is 22.7 Å². The summed E-state index contributed by atoms with van der Waals surface area (Å²) in [5.74, 6) is 0. The Labute approximate surface area is 123 Å². The molecule has 0 radical (unpaired) electrons. The molecule has 0 bridgehead atoms. The molecule has 20 heavy (non-hydrogen) atoms. The van der Waals surface area contributed by atoms with E-state index in [4.69, 9.17) is 0 Å². The molecule has 3 aromatic rings. The Kier molecular flexibility index (Phi) is 3.33. The van der Waals surface area contributed by atoms with Crippen LogP contribution in [0.4, 0.5) is 5.69 Å². The lowest BCUT2D eigenvalue weighted by atomic mass is 10.2. The number of hydrogen-bond acceptors (Lipinski definition) is 5. The zero-order valence-corrected chi connectivity index (χ0v) is 12.2. The highest BCUT2D eigenvalue weighted by Gasteiger charge is 2.10. The van der Waals surface area contributed by atoms with E-state index in [1.165, 1.54) is 17.0 Å². The Bertz CT molecular complexity index is 760. The lowest BCUT2D eigenvalue weighted by molar-refractivity contribution is -0.384. The maximum absolute atomic E-state index is 10.6. The maximum atomic E-state index is 10.6. The summed E-state index contributed by atoms with van der Waals surface area (Å²) in [6.45, 7) is 2.07. The number of non-ortho nitro benzene ring substituents is 1. The van der Waals surface area contributed by atoms with Crippen LogP contribution in [0.5, 0.6) is 0 Å². The first-order chi connectivity index (χ1) is 9.63. The number of rotatable bonds is 3. The summed E-state index contributed by atoms with van der Waals surface area (Å²) in [5.41, 5.74) is 1.96. The van der Waals surface area contributed by atoms with Crippen molar-refractivity contribution in [3.8, 4) is 21.1 Å². The van der Waals surface area contributed by atoms with Crippen LogP contribution in [0.1, 0.15) is 4.88 Å². The number of nitrogens with zero attached hydrogens (tertiary/aromatic N) is 2. The van der Waals surface area contributed by atoms with Gasteiger partial charge in [0.1, 0.15) is 5.01 Å². The fourth-order valence-corrected chi connectivity index (χ4v) is 3.55. The zero-order valence-electron chi connectivity index (χ0n) is 10.6. The van der Waals surface area contributed by atoms with Crippen molar-refractivity contribution in [1.82, 2.24) is 4.98 Å². The second kappa shape index (κ2) is 5.15. The summed E-state index contributed by atoms with van der Waals surface area (Å²) < 4.78 is 0. The second-order valence-corrected chi connectivity index (χ2v) is 6.40. The van der Waals surface area contributed by atoms with Crippen LogP contribution in [0, 0.1) is 17.0 Å². The third-order valence-electron chi connectivity index (χ3n) is 2.82. The SMILES string of the molecule is Cc1ccc(-c2csc(-c3ccc([N+](=O)[O-])cc3)n2)s1. The average molecular weight is 302 g/mol. The highest BCUT2D eigenvalue weighted by Crippen LogP contribution is 2.32. The van der Waals surface area contributed by atoms with E-state index in [-0.39, 0.29) is 5.69 Å². The van der Waals surface area contributed by atoms with Crippen molar-refractivity contribution in [2.75, 3.05) is 0 Å². The van der Waals surface area contributed by atoms with Gasteiger partial charge in [-0.05, 0) is 31.2 Å². The largest absolute Gasteiger partial charge is 0.269 e. The number of aryl methyl sites for hydroxylation is 1. The second-order valence-electron chi connectivity index (χ2n) is 4.25. The number of aromatic nitrogens is 1. The van der Waals surface area contributed by atoms with Crippen LogP contribution in [0.3, 0.4) is 0 Å². The zero-order chi connectivity index (χ0) is 14.1. The Morgan fingerprint density at radius 2 is 1.90 bits per heavy atom. The van der Waals surface area contributed by atoms with Crippen molar-refractivity contribution in [1.29, 1.82) is 0 Å². The van der Waals surface area contributed by atoms with Crippen molar-refractivity contribution in [2.24, 2.45) is 0 Å². The van der Waals surface area contributed by atoms with Crippen LogP contribution in [-0.4, -0.2) is 9.91 Å². The van der Waals surface area contributed by atoms with Gasteiger partial charge in [-0.3, -0.25) is 10.1 Å². The molecule has 0 aliphatic carbocycles. The first-order valence-electron chi connectivity index (χ1n) is 5.90. The van der Waals surface area contributed by atoms with Gasteiger partial charge < -0.3 is 0 Å². The monoisotopic (exact) mass is 302 g/mol. The molecule has 2 heterocycles. The molecular formula is C14H10N2O2S2. The molecule has 100 valence electrons. The van der Waals surface area contributed by atoms with Gasteiger partial charge in [0.2, 0.25) is 0 Å². The van der Waals surface area contributed by atoms with Gasteiger partial charge in [0.15, 0.2) is 0 Å². The molecule has 0 unspecified atom stereocenters. The van der Waals surface area contributed by atoms with E-state index in [1.807, 2.05) is 5.38 Å². The van der Waals surface area contributed by atoms with Crippen LogP contribution < -0.4 is 0 Å². The summed E-state index contributed by atoms with van der Waals surface area (Å²) in [6.07, 6.45) is 0. The molecular weight excluding hydrogens is 292 g/mol. The lowest BCUT2D eigenvalue weighted by Crippen LogP contribution is -1.86. The highest BCUT2D eigenvalue weighted by molar-refractivity contribution is 7.16. The molecule has 0 atom stereocenters. The third kappa shape index (κ3) is 2.48. The Morgan fingerprint density at radius 1 is 1.15 bits per heavy atom. The molecule has 4 nitrogen and oxygen atoms in total. The molecule has 0 aliphatic rings. The van der Waals surface area contributed by atoms with E-state index in [0.29, 0.717) is 0 Å². The first kappa shape index (κ1) is 13.0. The van der Waals surface area contributed by atoms with Crippen molar-refractivity contribution in [2.45, 2.75) is 6.92 Å². The van der Waals surface area contributed by atoms with Crippen molar-refractivity contribution >= 4 is 28.4 Å². The summed E-state index contributed by atoms with van der Waals surface area (Å²) in [5, 5.41) is 13.5. The van der Waals surface area contributed by atoms with E-state index in [2.05, 4.69) is 24.0 Å². The quantitative estimate of drug-likeness (QED) is 0.518. The number of thiophene rings is 1. The van der Waals surface area contributed by atoms with Gasteiger partial charge in [-0.1, -0.05) is 0 Å². The van der Waals surface area contributed by atoms with Crippen molar-refractivity contribution in [3.05, 3.63) is 56.8 Å². The smallest absolute Gasteiger partial charge is 0.258 e. The van der Waals surface area contributed by atoms with Gasteiger partial charge >= 0.3 is 0 Å². The van der Waals surface area contributed by atoms with Gasteiger partial charge in [0.05, 0.1) is 15.5 Å². The molecule has 1 aromatic carbocycles. The van der Waals surface area contributed by atoms with E-state index in [0.717, 1.165) is 21.1 Å². The first-order valence-corrected chi connectivity index (χ1v) is 7.60. The topological polar surface area (TPSA) is 56.0 Å². The lowest BCUT2D eigenvalue weighted by Gasteiger charge is -1.95. The molecule has 6 heteroatoms. The van der Waals surface area contributed by atoms with E-state index in [9.17, 15) is 10.1 Å². The number of hydrogen-bond donors (Lipinski definition) is 0. The Balaban J connectivity index is 1.91. The standard InChI is InChI=1S/C14H10N2O2S2/c1-9-2-7-13(20-9)12-8-19-14(15-12)10-3-5-11(6-4-10)16(17)18/h2-8H,1H3. The number of thiazole rings is 1. The predicted octanol–water partition coefficient (Wildman–Crippen LogP) is 4.76. The van der Waals surface area contributed by atoms with Crippen LogP contribution >= 0.6 is 22.7 Å². The highest BCUT2D eigenvalue weighted by atomic mass is 32.1. The molecule has 3 rings (SSSR count). The normalized spacial score (nSPS) is 10.7. The minimum Gasteiger partial charge on any atom is -0.258 e. The maximum Gasteiger partial charge on any atom is 0.269 e. The molecule has 0 saturated heterocycles. The predicted molar refractivity (Wildman–Crippen MR) is 82.3 cm³/mol. The minimum absolute atomic E-state index is 0.0967. The van der Waals surface area contributed by atoms with Crippen LogP contribution in [-0.2, 0) is 0 Å². The number of nitro groups is 1. The molecule has 0 saturated carbocycles. The molecule has 0 amide bonds. The van der Waals surface area contributed by atoms with Crippen molar-refractivity contribution < 1.29 is 4.92 Å². The van der Waals surface area contributed by atoms with E-state index < -0.39 is 4.92 Å². The molecule has 0 spiro atoms. The number of nitro benzene ring substituents is 1. The minimum atomic E-state index is -0.397. The Morgan fingerprint density at radius 3 is 2.50 bits per heavy atom.